The van der Waals surface area contributed by atoms with E-state index in [1.807, 2.05) is 6.07 Å². The van der Waals surface area contributed by atoms with Crippen molar-refractivity contribution in [3.8, 4) is 44.5 Å². The summed E-state index contributed by atoms with van der Waals surface area (Å²) in [6, 6.07) is 74.7. The molecule has 0 saturated carbocycles. The highest BCUT2D eigenvalue weighted by Crippen LogP contribution is 2.64. The lowest BCUT2D eigenvalue weighted by atomic mass is 9.61. The van der Waals surface area contributed by atoms with Crippen molar-refractivity contribution in [1.29, 1.82) is 0 Å². The van der Waals surface area contributed by atoms with E-state index in [0.29, 0.717) is 0 Å². The molecule has 3 aliphatic rings. The fourth-order valence-corrected chi connectivity index (χ4v) is 12.3. The van der Waals surface area contributed by atoms with Gasteiger partial charge in [0.15, 0.2) is 0 Å². The Balaban J connectivity index is 1.11. The number of fused-ring (bicyclic) bond motifs is 14. The maximum absolute atomic E-state index is 6.55. The van der Waals surface area contributed by atoms with E-state index in [-0.39, 0.29) is 10.8 Å². The van der Waals surface area contributed by atoms with Crippen molar-refractivity contribution >= 4 is 39.0 Å². The van der Waals surface area contributed by atoms with Crippen LogP contribution in [-0.4, -0.2) is 0 Å². The molecule has 1 aromatic heterocycles. The minimum Gasteiger partial charge on any atom is -0.455 e. The molecule has 0 fully saturated rings. The van der Waals surface area contributed by atoms with Gasteiger partial charge in [-0.1, -0.05) is 185 Å². The van der Waals surface area contributed by atoms with E-state index < -0.39 is 5.41 Å². The van der Waals surface area contributed by atoms with Crippen molar-refractivity contribution in [2.75, 3.05) is 4.90 Å². The molecule has 13 rings (SSSR count). The molecule has 0 aliphatic heterocycles. The Morgan fingerprint density at radius 3 is 1.62 bits per heavy atom. The maximum Gasteiger partial charge on any atom is 0.143 e. The number of hydrogen-bond acceptors (Lipinski definition) is 2. The van der Waals surface area contributed by atoms with Crippen LogP contribution in [0.5, 0.6) is 0 Å². The first-order chi connectivity index (χ1) is 31.7. The minimum atomic E-state index is -0.485. The highest BCUT2D eigenvalue weighted by atomic mass is 16.3. The Kier molecular flexibility index (Phi) is 8.08. The molecular formula is C63H49NO. The van der Waals surface area contributed by atoms with Crippen molar-refractivity contribution in [1.82, 2.24) is 0 Å². The van der Waals surface area contributed by atoms with Gasteiger partial charge in [-0.3, -0.25) is 0 Å². The molecule has 1 heterocycles. The van der Waals surface area contributed by atoms with Gasteiger partial charge in [0.05, 0.1) is 11.1 Å². The van der Waals surface area contributed by atoms with Gasteiger partial charge in [-0.05, 0) is 133 Å². The third-order valence-corrected chi connectivity index (χ3v) is 15.3. The maximum atomic E-state index is 6.55. The first-order valence-corrected chi connectivity index (χ1v) is 23.2. The lowest BCUT2D eigenvalue weighted by Crippen LogP contribution is -2.34. The van der Waals surface area contributed by atoms with E-state index >= 15 is 0 Å². The average molecular weight is 836 g/mol. The molecule has 0 radical (unpaired) electrons. The number of rotatable bonds is 5. The topological polar surface area (TPSA) is 16.4 Å². The summed E-state index contributed by atoms with van der Waals surface area (Å²) in [4.78, 5) is 2.52. The highest BCUT2D eigenvalue weighted by Gasteiger charge is 2.52. The molecule has 0 atom stereocenters. The van der Waals surface area contributed by atoms with Crippen LogP contribution in [0.25, 0.3) is 66.4 Å². The zero-order valence-electron chi connectivity index (χ0n) is 37.3. The number of para-hydroxylation sites is 3. The van der Waals surface area contributed by atoms with Crippen LogP contribution in [0.3, 0.4) is 0 Å². The van der Waals surface area contributed by atoms with E-state index in [2.05, 4.69) is 227 Å². The first-order valence-electron chi connectivity index (χ1n) is 23.2. The minimum absolute atomic E-state index is 0.0168. The molecule has 1 spiro atoms. The van der Waals surface area contributed by atoms with Crippen molar-refractivity contribution in [3.05, 3.63) is 234 Å². The summed E-state index contributed by atoms with van der Waals surface area (Å²) in [7, 11) is 0. The fraction of sp³-hybridized carbons (Fsp3) is 0.143. The average Bonchev–Trinajstić information content (AvgIpc) is 3.97. The van der Waals surface area contributed by atoms with Gasteiger partial charge in [0.1, 0.15) is 11.2 Å². The highest BCUT2D eigenvalue weighted by molar-refractivity contribution is 6.09. The number of nitrogens with zero attached hydrogens (tertiary/aromatic N) is 1. The molecule has 0 bridgehead atoms. The lowest BCUT2D eigenvalue weighted by Gasteiger charge is -2.43. The van der Waals surface area contributed by atoms with E-state index in [1.54, 1.807) is 0 Å². The summed E-state index contributed by atoms with van der Waals surface area (Å²) in [6.07, 6.45) is 2.29. The first kappa shape index (κ1) is 38.1. The molecule has 2 nitrogen and oxygen atoms in total. The predicted molar refractivity (Wildman–Crippen MR) is 271 cm³/mol. The van der Waals surface area contributed by atoms with Crippen LogP contribution in [0.15, 0.2) is 205 Å². The van der Waals surface area contributed by atoms with Gasteiger partial charge in [0.25, 0.3) is 0 Å². The predicted octanol–water partition coefficient (Wildman–Crippen LogP) is 17.1. The van der Waals surface area contributed by atoms with Crippen molar-refractivity contribution in [2.24, 2.45) is 0 Å². The summed E-state index contributed by atoms with van der Waals surface area (Å²) in [6.45, 7) is 9.80. The Labute approximate surface area is 381 Å². The lowest BCUT2D eigenvalue weighted by molar-refractivity contribution is 0.333. The molecule has 9 aromatic carbocycles. The number of anilines is 3. The number of benzene rings is 9. The number of hydrogen-bond donors (Lipinski definition) is 0. The Morgan fingerprint density at radius 2 is 0.908 bits per heavy atom. The van der Waals surface area contributed by atoms with Crippen LogP contribution >= 0.6 is 0 Å². The molecule has 0 saturated heterocycles. The molecular weight excluding hydrogens is 787 g/mol. The van der Waals surface area contributed by atoms with Crippen LogP contribution < -0.4 is 4.90 Å². The van der Waals surface area contributed by atoms with Crippen molar-refractivity contribution in [2.45, 2.75) is 56.8 Å². The molecule has 2 heteroatoms. The second-order valence-electron chi connectivity index (χ2n) is 19.8. The van der Waals surface area contributed by atoms with Gasteiger partial charge >= 0.3 is 0 Å². The van der Waals surface area contributed by atoms with E-state index in [9.17, 15) is 0 Å². The van der Waals surface area contributed by atoms with Gasteiger partial charge in [-0.15, -0.1) is 0 Å². The van der Waals surface area contributed by atoms with Crippen LogP contribution in [-0.2, 0) is 16.2 Å². The summed E-state index contributed by atoms with van der Waals surface area (Å²) < 4.78 is 6.55. The summed E-state index contributed by atoms with van der Waals surface area (Å²) in [5, 5.41) is 2.28. The van der Waals surface area contributed by atoms with Crippen LogP contribution in [0.4, 0.5) is 17.1 Å². The number of furan rings is 1. The van der Waals surface area contributed by atoms with Crippen LogP contribution in [0.2, 0.25) is 0 Å². The van der Waals surface area contributed by atoms with E-state index in [1.165, 1.54) is 72.4 Å². The second-order valence-corrected chi connectivity index (χ2v) is 19.8. The van der Waals surface area contributed by atoms with Crippen LogP contribution in [0, 0.1) is 0 Å². The summed E-state index contributed by atoms with van der Waals surface area (Å²) >= 11 is 0. The van der Waals surface area contributed by atoms with Crippen molar-refractivity contribution in [3.63, 3.8) is 0 Å². The normalized spacial score (nSPS) is 15.6. The molecule has 0 N–H and O–H groups in total. The van der Waals surface area contributed by atoms with Gasteiger partial charge in [0.2, 0.25) is 0 Å². The smallest absolute Gasteiger partial charge is 0.143 e. The van der Waals surface area contributed by atoms with Crippen LogP contribution in [0.1, 0.15) is 73.9 Å². The Hall–Kier alpha value is -7.42. The van der Waals surface area contributed by atoms with E-state index in [4.69, 9.17) is 4.42 Å². The molecule has 10 aromatic rings. The SMILES string of the molecule is CC1(C)CCC(C)(C)c2c(-c3cc4c(cc3N(c3ccccc3)c3ccc(-c5cccc6c5oc5ccccc56)cc3)C3(c5ccccc5-c5ccccc53)c3ccccc3-4)cccc21. The zero-order chi connectivity index (χ0) is 43.7. The Bertz CT molecular complexity index is 3500. The largest absolute Gasteiger partial charge is 0.455 e. The zero-order valence-corrected chi connectivity index (χ0v) is 37.3. The van der Waals surface area contributed by atoms with Gasteiger partial charge in [0, 0.05) is 33.3 Å². The monoisotopic (exact) mass is 835 g/mol. The standard InChI is InChI=1S/C63H49NO/c1-61(2)36-37-62(3,4)59-48(25-17-30-55(59)61)51-38-50-46-22-10-14-29-54(46)63(52-27-12-8-20-44(52)45-21-9-13-28-53(45)63)56(50)39-57(51)64(41-18-6-5-7-19-41)42-34-32-40(33-35-42)43-24-16-26-49-47-23-11-15-31-58(47)65-60(43)49/h5-35,38-39H,36-37H2,1-4H3. The molecule has 312 valence electrons. The van der Waals surface area contributed by atoms with Gasteiger partial charge in [-0.25, -0.2) is 0 Å². The molecule has 65 heavy (non-hydrogen) atoms. The summed E-state index contributed by atoms with van der Waals surface area (Å²) in [5.74, 6) is 0. The molecule has 0 unspecified atom stereocenters. The van der Waals surface area contributed by atoms with Crippen molar-refractivity contribution < 1.29 is 4.42 Å². The summed E-state index contributed by atoms with van der Waals surface area (Å²) in [5.41, 5.74) is 23.1. The Morgan fingerprint density at radius 1 is 0.385 bits per heavy atom. The van der Waals surface area contributed by atoms with Gasteiger partial charge in [-0.2, -0.15) is 0 Å². The molecule has 0 amide bonds. The second kappa shape index (κ2) is 13.8. The fourth-order valence-electron chi connectivity index (χ4n) is 12.3. The van der Waals surface area contributed by atoms with E-state index in [0.717, 1.165) is 57.3 Å². The molecule has 3 aliphatic carbocycles. The third kappa shape index (κ3) is 5.34. The quantitative estimate of drug-likeness (QED) is 0.172. The van der Waals surface area contributed by atoms with Gasteiger partial charge < -0.3 is 9.32 Å². The third-order valence-electron chi connectivity index (χ3n) is 15.3.